The van der Waals surface area contributed by atoms with Crippen LogP contribution in [0.15, 0.2) is 40.0 Å². The third kappa shape index (κ3) is 1.85. The fourth-order valence-corrected chi connectivity index (χ4v) is 1.27. The van der Waals surface area contributed by atoms with E-state index in [0.29, 0.717) is 11.4 Å². The summed E-state index contributed by atoms with van der Waals surface area (Å²) in [6.07, 6.45) is 2.86. The van der Waals surface area contributed by atoms with Crippen molar-refractivity contribution < 1.29 is 9.32 Å². The number of rotatable bonds is 2. The van der Waals surface area contributed by atoms with Gasteiger partial charge < -0.3 is 4.52 Å². The zero-order valence-corrected chi connectivity index (χ0v) is 8.10. The van der Waals surface area contributed by atoms with Crippen molar-refractivity contribution in [1.82, 2.24) is 5.16 Å². The number of hydrogen-bond acceptors (Lipinski definition) is 4. The second-order valence-electron chi connectivity index (χ2n) is 3.11. The van der Waals surface area contributed by atoms with Crippen LogP contribution in [0.3, 0.4) is 0 Å². The molecule has 0 spiro atoms. The molecule has 0 N–H and O–H groups in total. The molecule has 2 aromatic rings. The maximum atomic E-state index is 10.1. The molecule has 0 aliphatic carbocycles. The Morgan fingerprint density at radius 1 is 1.33 bits per heavy atom. The number of hydrogen-bond donors (Lipinski definition) is 0. The molecule has 2 rings (SSSR count). The van der Waals surface area contributed by atoms with Crippen LogP contribution in [0.25, 0.3) is 11.3 Å². The Kier molecular flexibility index (Phi) is 2.44. The normalized spacial score (nSPS) is 9.67. The minimum Gasteiger partial charge on any atom is -0.354 e. The van der Waals surface area contributed by atoms with E-state index in [1.54, 1.807) is 0 Å². The molecule has 0 saturated heterocycles. The van der Waals surface area contributed by atoms with E-state index in [2.05, 4.69) is 10.1 Å². The number of nitrogens with zero attached hydrogens (tertiary/aromatic N) is 2. The van der Waals surface area contributed by atoms with Crippen molar-refractivity contribution in [1.29, 1.82) is 0 Å². The average molecular weight is 200 g/mol. The quantitative estimate of drug-likeness (QED) is 0.553. The summed E-state index contributed by atoms with van der Waals surface area (Å²) >= 11 is 0. The van der Waals surface area contributed by atoms with Crippen LogP contribution in [0.2, 0.25) is 0 Å². The number of aromatic nitrogens is 1. The molecule has 4 nitrogen and oxygen atoms in total. The fourth-order valence-electron chi connectivity index (χ4n) is 1.27. The number of carbonyl (C=O) groups excluding carboxylic acids is 1. The van der Waals surface area contributed by atoms with Gasteiger partial charge in [0.2, 0.25) is 6.08 Å². The van der Waals surface area contributed by atoms with Gasteiger partial charge in [-0.15, -0.1) is 0 Å². The number of isocyanates is 1. The van der Waals surface area contributed by atoms with Gasteiger partial charge in [0.15, 0.2) is 5.76 Å². The zero-order chi connectivity index (χ0) is 10.7. The summed E-state index contributed by atoms with van der Waals surface area (Å²) in [5.74, 6) is 0.485. The first-order chi connectivity index (χ1) is 7.31. The Morgan fingerprint density at radius 3 is 2.73 bits per heavy atom. The predicted molar refractivity (Wildman–Crippen MR) is 54.5 cm³/mol. The first kappa shape index (κ1) is 9.37. The minimum atomic E-state index is 0.397. The van der Waals surface area contributed by atoms with Gasteiger partial charge in [-0.1, -0.05) is 35.0 Å². The number of aryl methyl sites for hydroxylation is 1. The number of aliphatic imine (C=N–C) groups is 1. The van der Waals surface area contributed by atoms with Gasteiger partial charge >= 0.3 is 0 Å². The van der Waals surface area contributed by atoms with Crippen LogP contribution in [0.4, 0.5) is 5.69 Å². The molecule has 4 heteroatoms. The van der Waals surface area contributed by atoms with Gasteiger partial charge in [0.1, 0.15) is 5.69 Å². The molecule has 0 bridgehead atoms. The molecule has 0 fully saturated rings. The van der Waals surface area contributed by atoms with Gasteiger partial charge in [-0.3, -0.25) is 0 Å². The molecule has 1 aromatic carbocycles. The SMILES string of the molecule is Cc1ccc(-c2oncc2N=C=O)cc1. The lowest BCUT2D eigenvalue weighted by atomic mass is 10.1. The minimum absolute atomic E-state index is 0.397. The van der Waals surface area contributed by atoms with Gasteiger partial charge in [0.25, 0.3) is 0 Å². The van der Waals surface area contributed by atoms with E-state index in [1.165, 1.54) is 12.3 Å². The first-order valence-corrected chi connectivity index (χ1v) is 4.41. The molecule has 0 amide bonds. The smallest absolute Gasteiger partial charge is 0.240 e. The predicted octanol–water partition coefficient (Wildman–Crippen LogP) is 2.62. The second kappa shape index (κ2) is 3.90. The van der Waals surface area contributed by atoms with Gasteiger partial charge in [0.05, 0.1) is 6.20 Å². The van der Waals surface area contributed by atoms with Crippen LogP contribution in [0, 0.1) is 6.92 Å². The second-order valence-corrected chi connectivity index (χ2v) is 3.11. The monoisotopic (exact) mass is 200 g/mol. The fraction of sp³-hybridized carbons (Fsp3) is 0.0909. The van der Waals surface area contributed by atoms with E-state index in [9.17, 15) is 4.79 Å². The van der Waals surface area contributed by atoms with Gasteiger partial charge in [-0.05, 0) is 6.92 Å². The molecule has 0 aliphatic rings. The molecule has 0 radical (unpaired) electrons. The summed E-state index contributed by atoms with van der Waals surface area (Å²) in [7, 11) is 0. The molecule has 0 atom stereocenters. The topological polar surface area (TPSA) is 55.5 Å². The van der Waals surface area contributed by atoms with Crippen molar-refractivity contribution in [3.63, 3.8) is 0 Å². The van der Waals surface area contributed by atoms with E-state index in [-0.39, 0.29) is 0 Å². The largest absolute Gasteiger partial charge is 0.354 e. The van der Waals surface area contributed by atoms with Gasteiger partial charge in [0, 0.05) is 5.56 Å². The van der Waals surface area contributed by atoms with E-state index >= 15 is 0 Å². The van der Waals surface area contributed by atoms with Crippen LogP contribution in [0.5, 0.6) is 0 Å². The Balaban J connectivity index is 2.49. The highest BCUT2D eigenvalue weighted by atomic mass is 16.5. The zero-order valence-electron chi connectivity index (χ0n) is 8.10. The lowest BCUT2D eigenvalue weighted by molar-refractivity contribution is 0.432. The molecule has 0 saturated carbocycles. The first-order valence-electron chi connectivity index (χ1n) is 4.41. The lowest BCUT2D eigenvalue weighted by Crippen LogP contribution is -1.75. The van der Waals surface area contributed by atoms with E-state index in [0.717, 1.165) is 11.1 Å². The molecule has 0 unspecified atom stereocenters. The van der Waals surface area contributed by atoms with Crippen molar-refractivity contribution >= 4 is 11.8 Å². The maximum Gasteiger partial charge on any atom is 0.240 e. The van der Waals surface area contributed by atoms with Crippen LogP contribution >= 0.6 is 0 Å². The lowest BCUT2D eigenvalue weighted by Gasteiger charge is -1.96. The van der Waals surface area contributed by atoms with Gasteiger partial charge in [-0.2, -0.15) is 4.99 Å². The van der Waals surface area contributed by atoms with Gasteiger partial charge in [-0.25, -0.2) is 4.79 Å². The molecular weight excluding hydrogens is 192 g/mol. The van der Waals surface area contributed by atoms with Crippen molar-refractivity contribution in [3.8, 4) is 11.3 Å². The van der Waals surface area contributed by atoms with Crippen molar-refractivity contribution in [3.05, 3.63) is 36.0 Å². The molecule has 1 aromatic heterocycles. The Labute approximate surface area is 86.2 Å². The molecule has 0 aliphatic heterocycles. The van der Waals surface area contributed by atoms with Crippen molar-refractivity contribution in [2.75, 3.05) is 0 Å². The average Bonchev–Trinajstić information content (AvgIpc) is 2.68. The van der Waals surface area contributed by atoms with Crippen molar-refractivity contribution in [2.45, 2.75) is 6.92 Å². The van der Waals surface area contributed by atoms with Crippen LogP contribution in [-0.2, 0) is 4.79 Å². The highest BCUT2D eigenvalue weighted by Crippen LogP contribution is 2.29. The summed E-state index contributed by atoms with van der Waals surface area (Å²) < 4.78 is 5.02. The standard InChI is InChI=1S/C11H8N2O2/c1-8-2-4-9(5-3-8)11-10(12-7-14)6-13-15-11/h2-6H,1H3. The van der Waals surface area contributed by atoms with E-state index in [1.807, 2.05) is 31.2 Å². The molecular formula is C11H8N2O2. The summed E-state index contributed by atoms with van der Waals surface area (Å²) in [6, 6.07) is 7.68. The van der Waals surface area contributed by atoms with Crippen LogP contribution in [-0.4, -0.2) is 11.2 Å². The third-order valence-corrected chi connectivity index (χ3v) is 2.03. The summed E-state index contributed by atoms with van der Waals surface area (Å²) in [5.41, 5.74) is 2.39. The maximum absolute atomic E-state index is 10.1. The van der Waals surface area contributed by atoms with E-state index < -0.39 is 0 Å². The highest BCUT2D eigenvalue weighted by Gasteiger charge is 2.09. The van der Waals surface area contributed by atoms with Crippen molar-refractivity contribution in [2.24, 2.45) is 4.99 Å². The van der Waals surface area contributed by atoms with E-state index in [4.69, 9.17) is 4.52 Å². The Hall–Kier alpha value is -2.19. The highest BCUT2D eigenvalue weighted by molar-refractivity contribution is 5.71. The molecule has 15 heavy (non-hydrogen) atoms. The molecule has 74 valence electrons. The summed E-state index contributed by atoms with van der Waals surface area (Å²) in [6.45, 7) is 1.99. The Morgan fingerprint density at radius 2 is 2.07 bits per heavy atom. The summed E-state index contributed by atoms with van der Waals surface area (Å²) in [5, 5.41) is 3.59. The molecule has 1 heterocycles. The summed E-state index contributed by atoms with van der Waals surface area (Å²) in [4.78, 5) is 13.7. The van der Waals surface area contributed by atoms with Crippen LogP contribution < -0.4 is 0 Å². The number of benzene rings is 1. The van der Waals surface area contributed by atoms with Crippen LogP contribution in [0.1, 0.15) is 5.56 Å². The Bertz CT molecular complexity index is 508. The third-order valence-electron chi connectivity index (χ3n) is 2.03.